The Morgan fingerprint density at radius 2 is 1.78 bits per heavy atom. The van der Waals surface area contributed by atoms with Gasteiger partial charge < -0.3 is 10.6 Å². The van der Waals surface area contributed by atoms with Gasteiger partial charge in [0, 0.05) is 12.7 Å². The molecule has 0 fully saturated rings. The predicted molar refractivity (Wildman–Crippen MR) is 79.7 cm³/mol. The third-order valence-corrected chi connectivity index (χ3v) is 3.25. The molecule has 0 saturated carbocycles. The van der Waals surface area contributed by atoms with Crippen molar-refractivity contribution in [1.29, 1.82) is 0 Å². The summed E-state index contributed by atoms with van der Waals surface area (Å²) in [7, 11) is 1.75. The standard InChI is InChI=1S/C14H20N2OS/c1-9(2)12(13(15)18)14(17)16(4)11-7-5-10(3)6-8-11/h5-9,12H,1-4H3,(H2,15,18). The maximum atomic E-state index is 12.4. The van der Waals surface area contributed by atoms with Gasteiger partial charge in [0.1, 0.15) is 0 Å². The first-order chi connectivity index (χ1) is 8.34. The number of nitrogens with two attached hydrogens (primary N) is 1. The van der Waals surface area contributed by atoms with E-state index in [-0.39, 0.29) is 16.8 Å². The molecule has 0 spiro atoms. The van der Waals surface area contributed by atoms with Crippen LogP contribution in [0.15, 0.2) is 24.3 Å². The zero-order chi connectivity index (χ0) is 13.9. The number of hydrogen-bond donors (Lipinski definition) is 1. The van der Waals surface area contributed by atoms with Crippen LogP contribution >= 0.6 is 12.2 Å². The molecule has 1 amide bonds. The summed E-state index contributed by atoms with van der Waals surface area (Å²) < 4.78 is 0. The molecule has 0 aromatic heterocycles. The summed E-state index contributed by atoms with van der Waals surface area (Å²) in [5.41, 5.74) is 7.68. The van der Waals surface area contributed by atoms with Crippen LogP contribution in [0.2, 0.25) is 0 Å². The van der Waals surface area contributed by atoms with Gasteiger partial charge in [-0.2, -0.15) is 0 Å². The summed E-state index contributed by atoms with van der Waals surface area (Å²) in [5, 5.41) is 0. The minimum atomic E-state index is -0.411. The number of anilines is 1. The Bertz CT molecular complexity index is 440. The number of carbonyl (C=O) groups is 1. The Morgan fingerprint density at radius 3 is 2.17 bits per heavy atom. The number of aryl methyl sites for hydroxylation is 1. The molecule has 1 rings (SSSR count). The molecule has 1 unspecified atom stereocenters. The SMILES string of the molecule is Cc1ccc(N(C)C(=O)C(C(N)=S)C(C)C)cc1. The zero-order valence-corrected chi connectivity index (χ0v) is 12.1. The highest BCUT2D eigenvalue weighted by Crippen LogP contribution is 2.20. The number of rotatable bonds is 4. The van der Waals surface area contributed by atoms with Gasteiger partial charge in [-0.15, -0.1) is 0 Å². The first-order valence-electron chi connectivity index (χ1n) is 5.98. The van der Waals surface area contributed by atoms with Crippen LogP contribution in [0.4, 0.5) is 5.69 Å². The Kier molecular flexibility index (Phi) is 4.84. The van der Waals surface area contributed by atoms with Gasteiger partial charge in [0.2, 0.25) is 5.91 Å². The van der Waals surface area contributed by atoms with Crippen LogP contribution in [0.5, 0.6) is 0 Å². The fourth-order valence-corrected chi connectivity index (χ4v) is 2.21. The molecule has 2 N–H and O–H groups in total. The van der Waals surface area contributed by atoms with E-state index in [1.807, 2.05) is 45.0 Å². The summed E-state index contributed by atoms with van der Waals surface area (Å²) in [6.45, 7) is 5.91. The van der Waals surface area contributed by atoms with Gasteiger partial charge in [-0.3, -0.25) is 4.79 Å². The molecular weight excluding hydrogens is 244 g/mol. The Balaban J connectivity index is 2.95. The predicted octanol–water partition coefficient (Wildman–Crippen LogP) is 2.52. The number of thiocarbonyl (C=S) groups is 1. The summed E-state index contributed by atoms with van der Waals surface area (Å²) in [6.07, 6.45) is 0. The third-order valence-electron chi connectivity index (χ3n) is 2.99. The van der Waals surface area contributed by atoms with Crippen LogP contribution in [0.3, 0.4) is 0 Å². The second-order valence-electron chi connectivity index (χ2n) is 4.86. The molecule has 0 aliphatic carbocycles. The summed E-state index contributed by atoms with van der Waals surface area (Å²) in [6, 6.07) is 7.79. The van der Waals surface area contributed by atoms with Crippen molar-refractivity contribution in [1.82, 2.24) is 0 Å². The van der Waals surface area contributed by atoms with E-state index in [4.69, 9.17) is 18.0 Å². The third kappa shape index (κ3) is 3.29. The minimum absolute atomic E-state index is 0.0543. The molecule has 0 bridgehead atoms. The minimum Gasteiger partial charge on any atom is -0.393 e. The van der Waals surface area contributed by atoms with E-state index in [9.17, 15) is 4.79 Å². The molecule has 0 heterocycles. The monoisotopic (exact) mass is 264 g/mol. The summed E-state index contributed by atoms with van der Waals surface area (Å²) >= 11 is 4.99. The smallest absolute Gasteiger partial charge is 0.236 e. The van der Waals surface area contributed by atoms with E-state index < -0.39 is 5.92 Å². The van der Waals surface area contributed by atoms with E-state index in [1.54, 1.807) is 11.9 Å². The molecule has 98 valence electrons. The molecule has 0 aliphatic rings. The lowest BCUT2D eigenvalue weighted by Crippen LogP contribution is -2.41. The van der Waals surface area contributed by atoms with Crippen molar-refractivity contribution in [2.45, 2.75) is 20.8 Å². The van der Waals surface area contributed by atoms with Crippen LogP contribution in [-0.4, -0.2) is 17.9 Å². The van der Waals surface area contributed by atoms with E-state index in [0.29, 0.717) is 0 Å². The van der Waals surface area contributed by atoms with Crippen molar-refractivity contribution in [3.63, 3.8) is 0 Å². The first kappa shape index (κ1) is 14.6. The lowest BCUT2D eigenvalue weighted by molar-refractivity contribution is -0.121. The van der Waals surface area contributed by atoms with Gasteiger partial charge in [0.25, 0.3) is 0 Å². The average molecular weight is 264 g/mol. The van der Waals surface area contributed by atoms with Crippen LogP contribution < -0.4 is 10.6 Å². The number of carbonyl (C=O) groups excluding carboxylic acids is 1. The lowest BCUT2D eigenvalue weighted by Gasteiger charge is -2.25. The molecule has 0 radical (unpaired) electrons. The van der Waals surface area contributed by atoms with E-state index >= 15 is 0 Å². The molecule has 18 heavy (non-hydrogen) atoms. The molecule has 0 aliphatic heterocycles. The largest absolute Gasteiger partial charge is 0.393 e. The summed E-state index contributed by atoms with van der Waals surface area (Å²) in [5.74, 6) is -0.365. The normalized spacial score (nSPS) is 12.3. The van der Waals surface area contributed by atoms with Crippen LogP contribution in [0.25, 0.3) is 0 Å². The highest BCUT2D eigenvalue weighted by atomic mass is 32.1. The highest BCUT2D eigenvalue weighted by Gasteiger charge is 2.28. The number of benzene rings is 1. The van der Waals surface area contributed by atoms with Crippen molar-refractivity contribution >= 4 is 28.8 Å². The van der Waals surface area contributed by atoms with Gasteiger partial charge in [-0.05, 0) is 25.0 Å². The zero-order valence-electron chi connectivity index (χ0n) is 11.3. The van der Waals surface area contributed by atoms with Gasteiger partial charge in [-0.25, -0.2) is 0 Å². The van der Waals surface area contributed by atoms with Crippen LogP contribution in [0, 0.1) is 18.8 Å². The van der Waals surface area contributed by atoms with Crippen molar-refractivity contribution < 1.29 is 4.79 Å². The second-order valence-corrected chi connectivity index (χ2v) is 5.33. The number of nitrogens with zero attached hydrogens (tertiary/aromatic N) is 1. The molecule has 1 aromatic carbocycles. The van der Waals surface area contributed by atoms with Crippen LogP contribution in [-0.2, 0) is 4.79 Å². The fraction of sp³-hybridized carbons (Fsp3) is 0.429. The highest BCUT2D eigenvalue weighted by molar-refractivity contribution is 7.80. The molecule has 0 saturated heterocycles. The van der Waals surface area contributed by atoms with E-state index in [0.717, 1.165) is 11.3 Å². The van der Waals surface area contributed by atoms with Gasteiger partial charge in [-0.1, -0.05) is 43.8 Å². The molecule has 4 heteroatoms. The number of amides is 1. The summed E-state index contributed by atoms with van der Waals surface area (Å²) in [4.78, 5) is 14.2. The maximum absolute atomic E-state index is 12.4. The second kappa shape index (κ2) is 5.96. The fourth-order valence-electron chi connectivity index (χ4n) is 1.84. The average Bonchev–Trinajstić information content (AvgIpc) is 2.28. The Labute approximate surface area is 114 Å². The quantitative estimate of drug-likeness (QED) is 0.850. The maximum Gasteiger partial charge on any atom is 0.236 e. The van der Waals surface area contributed by atoms with Gasteiger partial charge in [0.05, 0.1) is 10.9 Å². The molecule has 1 atom stereocenters. The van der Waals surface area contributed by atoms with Crippen molar-refractivity contribution in [3.05, 3.63) is 29.8 Å². The van der Waals surface area contributed by atoms with Crippen molar-refractivity contribution in [3.8, 4) is 0 Å². The Morgan fingerprint density at radius 1 is 1.28 bits per heavy atom. The van der Waals surface area contributed by atoms with Crippen molar-refractivity contribution in [2.24, 2.45) is 17.6 Å². The lowest BCUT2D eigenvalue weighted by atomic mass is 9.94. The van der Waals surface area contributed by atoms with Gasteiger partial charge >= 0.3 is 0 Å². The van der Waals surface area contributed by atoms with Crippen LogP contribution in [0.1, 0.15) is 19.4 Å². The topological polar surface area (TPSA) is 46.3 Å². The molecule has 1 aromatic rings. The van der Waals surface area contributed by atoms with Gasteiger partial charge in [0.15, 0.2) is 0 Å². The Hall–Kier alpha value is -1.42. The molecular formula is C14H20N2OS. The number of hydrogen-bond acceptors (Lipinski definition) is 2. The molecule has 3 nitrogen and oxygen atoms in total. The van der Waals surface area contributed by atoms with E-state index in [2.05, 4.69) is 0 Å². The van der Waals surface area contributed by atoms with Crippen molar-refractivity contribution in [2.75, 3.05) is 11.9 Å². The van der Waals surface area contributed by atoms with E-state index in [1.165, 1.54) is 0 Å². The first-order valence-corrected chi connectivity index (χ1v) is 6.39.